The van der Waals surface area contributed by atoms with Crippen LogP contribution in [0.4, 0.5) is 5.69 Å². The van der Waals surface area contributed by atoms with Crippen LogP contribution in [0.2, 0.25) is 5.02 Å². The molecule has 104 valence electrons. The monoisotopic (exact) mass is 295 g/mol. The Bertz CT molecular complexity index is 797. The van der Waals surface area contributed by atoms with Crippen LogP contribution >= 0.6 is 11.6 Å². The fourth-order valence-corrected chi connectivity index (χ4v) is 2.59. The molecule has 4 heteroatoms. The van der Waals surface area contributed by atoms with Crippen molar-refractivity contribution in [3.8, 4) is 6.07 Å². The first-order chi connectivity index (χ1) is 10.3. The highest BCUT2D eigenvalue weighted by Crippen LogP contribution is 2.27. The minimum absolute atomic E-state index is 0.439. The molecule has 3 rings (SSSR count). The molecule has 0 amide bonds. The van der Waals surface area contributed by atoms with Crippen LogP contribution < -0.4 is 5.32 Å². The molecule has 2 N–H and O–H groups in total. The molecule has 21 heavy (non-hydrogen) atoms. The van der Waals surface area contributed by atoms with Gasteiger partial charge in [0.25, 0.3) is 0 Å². The van der Waals surface area contributed by atoms with Gasteiger partial charge in [-0.15, -0.1) is 0 Å². The normalized spacial score (nSPS) is 10.5. The van der Waals surface area contributed by atoms with Crippen LogP contribution in [0, 0.1) is 11.3 Å². The average molecular weight is 296 g/mol. The van der Waals surface area contributed by atoms with Gasteiger partial charge in [-0.2, -0.15) is 5.26 Å². The number of nitrogens with one attached hydrogen (secondary N) is 2. The van der Waals surface area contributed by atoms with Crippen molar-refractivity contribution in [2.24, 2.45) is 0 Å². The van der Waals surface area contributed by atoms with Crippen molar-refractivity contribution < 1.29 is 0 Å². The van der Waals surface area contributed by atoms with Crippen LogP contribution in [0.5, 0.6) is 0 Å². The number of H-pyrrole nitrogens is 1. The molecular weight excluding hydrogens is 282 g/mol. The van der Waals surface area contributed by atoms with E-state index in [1.165, 1.54) is 0 Å². The summed E-state index contributed by atoms with van der Waals surface area (Å²) in [6, 6.07) is 18.0. The number of hydrogen-bond donors (Lipinski definition) is 2. The highest BCUT2D eigenvalue weighted by molar-refractivity contribution is 6.36. The summed E-state index contributed by atoms with van der Waals surface area (Å²) >= 11 is 6.38. The zero-order chi connectivity index (χ0) is 14.7. The Labute approximate surface area is 128 Å². The zero-order valence-electron chi connectivity index (χ0n) is 11.4. The van der Waals surface area contributed by atoms with Gasteiger partial charge in [-0.25, -0.2) is 0 Å². The quantitative estimate of drug-likeness (QED) is 0.744. The Morgan fingerprint density at radius 3 is 2.57 bits per heavy atom. The van der Waals surface area contributed by atoms with Gasteiger partial charge >= 0.3 is 0 Å². The third-order valence-corrected chi connectivity index (χ3v) is 3.85. The van der Waals surface area contributed by atoms with E-state index >= 15 is 0 Å². The molecule has 0 radical (unpaired) electrons. The smallest absolute Gasteiger partial charge is 0.0710 e. The summed E-state index contributed by atoms with van der Waals surface area (Å²) in [6.07, 6.45) is 0.439. The topological polar surface area (TPSA) is 51.6 Å². The van der Waals surface area contributed by atoms with Gasteiger partial charge in [0, 0.05) is 16.6 Å². The van der Waals surface area contributed by atoms with Crippen molar-refractivity contribution in [1.29, 1.82) is 5.26 Å². The summed E-state index contributed by atoms with van der Waals surface area (Å²) < 4.78 is 0. The standard InChI is InChI=1S/C17H14ClN3/c18-17-14-3-1-2-4-15(14)21-16(17)11-20-13-7-5-12(6-8-13)9-10-19/h1-8,20-21H,9,11H2. The number of aromatic nitrogens is 1. The number of hydrogen-bond acceptors (Lipinski definition) is 2. The number of halogens is 1. The van der Waals surface area contributed by atoms with Crippen molar-refractivity contribution in [2.75, 3.05) is 5.32 Å². The number of aromatic amines is 1. The maximum Gasteiger partial charge on any atom is 0.0710 e. The maximum atomic E-state index is 8.66. The number of para-hydroxylation sites is 1. The van der Waals surface area contributed by atoms with Gasteiger partial charge in [0.05, 0.1) is 29.8 Å². The fourth-order valence-electron chi connectivity index (χ4n) is 2.31. The van der Waals surface area contributed by atoms with E-state index in [-0.39, 0.29) is 0 Å². The third-order valence-electron chi connectivity index (χ3n) is 3.42. The van der Waals surface area contributed by atoms with Gasteiger partial charge in [-0.3, -0.25) is 0 Å². The Hall–Kier alpha value is -2.44. The van der Waals surface area contributed by atoms with E-state index in [0.717, 1.165) is 32.9 Å². The molecule has 3 aromatic rings. The second kappa shape index (κ2) is 5.90. The van der Waals surface area contributed by atoms with Crippen LogP contribution in [0.25, 0.3) is 10.9 Å². The minimum atomic E-state index is 0.439. The van der Waals surface area contributed by atoms with Gasteiger partial charge in [-0.05, 0) is 23.8 Å². The molecule has 1 heterocycles. The van der Waals surface area contributed by atoms with Crippen molar-refractivity contribution >= 4 is 28.2 Å². The predicted octanol–water partition coefficient (Wildman–Crippen LogP) is 4.50. The first-order valence-electron chi connectivity index (χ1n) is 6.73. The van der Waals surface area contributed by atoms with Crippen LogP contribution in [0.1, 0.15) is 11.3 Å². The van der Waals surface area contributed by atoms with Crippen LogP contribution in [-0.2, 0) is 13.0 Å². The van der Waals surface area contributed by atoms with Crippen LogP contribution in [0.3, 0.4) is 0 Å². The number of rotatable bonds is 4. The molecule has 0 aliphatic heterocycles. The molecule has 0 aliphatic rings. The summed E-state index contributed by atoms with van der Waals surface area (Å²) in [5.74, 6) is 0. The Morgan fingerprint density at radius 2 is 1.86 bits per heavy atom. The predicted molar refractivity (Wildman–Crippen MR) is 86.4 cm³/mol. The van der Waals surface area contributed by atoms with Gasteiger partial charge in [0.1, 0.15) is 0 Å². The number of anilines is 1. The largest absolute Gasteiger partial charge is 0.379 e. The number of nitrogens with zero attached hydrogens (tertiary/aromatic N) is 1. The Balaban J connectivity index is 1.74. The van der Waals surface area contributed by atoms with E-state index in [1.807, 2.05) is 48.5 Å². The average Bonchev–Trinajstić information content (AvgIpc) is 2.84. The molecule has 2 aromatic carbocycles. The molecule has 0 saturated carbocycles. The lowest BCUT2D eigenvalue weighted by molar-refractivity contribution is 1.08. The van der Waals surface area contributed by atoms with E-state index in [4.69, 9.17) is 16.9 Å². The summed E-state index contributed by atoms with van der Waals surface area (Å²) in [7, 11) is 0. The third kappa shape index (κ3) is 2.86. The van der Waals surface area contributed by atoms with Crippen molar-refractivity contribution in [3.63, 3.8) is 0 Å². The molecule has 0 saturated heterocycles. The van der Waals surface area contributed by atoms with E-state index < -0.39 is 0 Å². The van der Waals surface area contributed by atoms with Crippen LogP contribution in [0.15, 0.2) is 48.5 Å². The molecule has 0 fully saturated rings. The van der Waals surface area contributed by atoms with Crippen molar-refractivity contribution in [1.82, 2.24) is 4.98 Å². The maximum absolute atomic E-state index is 8.66. The molecule has 0 aliphatic carbocycles. The van der Waals surface area contributed by atoms with Gasteiger partial charge in [-0.1, -0.05) is 41.9 Å². The van der Waals surface area contributed by atoms with E-state index in [2.05, 4.69) is 16.4 Å². The molecule has 0 bridgehead atoms. The van der Waals surface area contributed by atoms with Gasteiger partial charge in [0.2, 0.25) is 0 Å². The lowest BCUT2D eigenvalue weighted by Crippen LogP contribution is -2.00. The summed E-state index contributed by atoms with van der Waals surface area (Å²) in [6.45, 7) is 0.630. The summed E-state index contributed by atoms with van der Waals surface area (Å²) in [4.78, 5) is 3.33. The lowest BCUT2D eigenvalue weighted by Gasteiger charge is -2.06. The molecule has 1 aromatic heterocycles. The van der Waals surface area contributed by atoms with Gasteiger partial charge < -0.3 is 10.3 Å². The number of nitriles is 1. The van der Waals surface area contributed by atoms with Crippen molar-refractivity contribution in [2.45, 2.75) is 13.0 Å². The SMILES string of the molecule is N#CCc1ccc(NCc2[nH]c3ccccc3c2Cl)cc1. The molecule has 3 nitrogen and oxygen atoms in total. The van der Waals surface area contributed by atoms with E-state index in [9.17, 15) is 0 Å². The fraction of sp³-hybridized carbons (Fsp3) is 0.118. The molecule has 0 atom stereocenters. The second-order valence-corrected chi connectivity index (χ2v) is 5.23. The van der Waals surface area contributed by atoms with Gasteiger partial charge in [0.15, 0.2) is 0 Å². The number of fused-ring (bicyclic) bond motifs is 1. The Kier molecular flexibility index (Phi) is 3.81. The second-order valence-electron chi connectivity index (χ2n) is 4.85. The zero-order valence-corrected chi connectivity index (χ0v) is 12.1. The highest BCUT2D eigenvalue weighted by atomic mass is 35.5. The minimum Gasteiger partial charge on any atom is -0.379 e. The lowest BCUT2D eigenvalue weighted by atomic mass is 10.1. The molecule has 0 unspecified atom stereocenters. The molecule has 0 spiro atoms. The van der Waals surface area contributed by atoms with Crippen LogP contribution in [-0.4, -0.2) is 4.98 Å². The first kappa shape index (κ1) is 13.5. The van der Waals surface area contributed by atoms with E-state index in [0.29, 0.717) is 13.0 Å². The first-order valence-corrected chi connectivity index (χ1v) is 7.10. The highest BCUT2D eigenvalue weighted by Gasteiger charge is 2.08. The van der Waals surface area contributed by atoms with E-state index in [1.54, 1.807) is 0 Å². The number of benzene rings is 2. The Morgan fingerprint density at radius 1 is 1.10 bits per heavy atom. The summed E-state index contributed by atoms with van der Waals surface area (Å²) in [5.41, 5.74) is 4.04. The van der Waals surface area contributed by atoms with Crippen molar-refractivity contribution in [3.05, 3.63) is 64.8 Å². The molecular formula is C17H14ClN3. The summed E-state index contributed by atoms with van der Waals surface area (Å²) in [5, 5.41) is 13.8.